The average molecular weight is 953 g/mol. The average Bonchev–Trinajstić information content (AvgIpc) is 4.10. The van der Waals surface area contributed by atoms with Gasteiger partial charge in [0, 0.05) is 30.6 Å². The lowest BCUT2D eigenvalue weighted by molar-refractivity contribution is 0.573. The van der Waals surface area contributed by atoms with E-state index in [1.54, 1.807) is 22.7 Å². The molecule has 3 heterocycles. The SMILES string of the molecule is CCCCCCCCS(=O)(=O)c1c(-c2ccc(-c3c4ccccc4cc4ccccc34)s2)sc(-c2ccc(-c3c4ccccc4cc4ccccc34)s2)c1S(=O)(=O)CCCCCCCC. The molecule has 0 fully saturated rings. The third kappa shape index (κ3) is 9.50. The summed E-state index contributed by atoms with van der Waals surface area (Å²) in [5.74, 6) is -0.183. The summed E-state index contributed by atoms with van der Waals surface area (Å²) in [4.78, 5) is 4.61. The molecule has 0 radical (unpaired) electrons. The van der Waals surface area contributed by atoms with Gasteiger partial charge < -0.3 is 0 Å². The highest BCUT2D eigenvalue weighted by Gasteiger charge is 2.37. The number of sulfone groups is 2. The van der Waals surface area contributed by atoms with Crippen molar-refractivity contribution >= 4 is 96.8 Å². The molecule has 0 unspecified atom stereocenters. The summed E-state index contributed by atoms with van der Waals surface area (Å²) in [6, 6.07) is 46.3. The Balaban J connectivity index is 1.24. The molecule has 65 heavy (non-hydrogen) atoms. The van der Waals surface area contributed by atoms with Crippen LogP contribution in [-0.4, -0.2) is 28.3 Å². The number of thiophene rings is 3. The molecule has 6 aromatic carbocycles. The van der Waals surface area contributed by atoms with Crippen molar-refractivity contribution in [3.8, 4) is 40.4 Å². The summed E-state index contributed by atoms with van der Waals surface area (Å²) < 4.78 is 60.7. The van der Waals surface area contributed by atoms with E-state index in [0.29, 0.717) is 22.6 Å². The summed E-state index contributed by atoms with van der Waals surface area (Å²) in [7, 11) is -8.12. The maximum atomic E-state index is 15.2. The van der Waals surface area contributed by atoms with Crippen molar-refractivity contribution < 1.29 is 16.8 Å². The molecule has 4 nitrogen and oxygen atoms in total. The highest BCUT2D eigenvalue weighted by molar-refractivity contribution is 7.95. The number of hydrogen-bond acceptors (Lipinski definition) is 7. The molecule has 334 valence electrons. The zero-order valence-corrected chi connectivity index (χ0v) is 41.4. The lowest BCUT2D eigenvalue weighted by atomic mass is 9.96. The van der Waals surface area contributed by atoms with Crippen LogP contribution < -0.4 is 0 Å². The second kappa shape index (κ2) is 20.1. The van der Waals surface area contributed by atoms with E-state index in [1.165, 1.54) is 11.3 Å². The molecule has 9 aromatic rings. The minimum Gasteiger partial charge on any atom is -0.224 e. The molecular weight excluding hydrogens is 897 g/mol. The molecular formula is C56H56O4S5. The second-order valence-corrected chi connectivity index (χ2v) is 24.6. The van der Waals surface area contributed by atoms with Crippen LogP contribution in [0.1, 0.15) is 90.9 Å². The van der Waals surface area contributed by atoms with Crippen LogP contribution in [0.5, 0.6) is 0 Å². The van der Waals surface area contributed by atoms with Gasteiger partial charge in [-0.3, -0.25) is 0 Å². The molecule has 0 spiro atoms. The van der Waals surface area contributed by atoms with Crippen LogP contribution in [0, 0.1) is 0 Å². The van der Waals surface area contributed by atoms with Gasteiger partial charge in [0.05, 0.1) is 21.3 Å². The van der Waals surface area contributed by atoms with E-state index >= 15 is 16.8 Å². The quantitative estimate of drug-likeness (QED) is 0.0564. The zero-order chi connectivity index (χ0) is 45.0. The van der Waals surface area contributed by atoms with Gasteiger partial charge in [-0.15, -0.1) is 34.0 Å². The van der Waals surface area contributed by atoms with Crippen LogP contribution in [0.25, 0.3) is 83.5 Å². The number of unbranched alkanes of at least 4 members (excludes halogenated alkanes) is 10. The van der Waals surface area contributed by atoms with E-state index in [2.05, 4.69) is 135 Å². The standard InChI is InChI=1S/C56H56O4S5/c1-3-5-7-9-11-21-35-64(57,58)55-53(49-33-31-47(61-49)51-43-27-17-13-23-39(43)37-40-24-14-18-28-44(40)51)63-54(56(55)65(59,60)36-22-12-10-8-6-4-2)50-34-32-48(62-50)52-45-29-19-15-25-41(45)38-42-26-16-20-30-46(42)52/h13-20,23-34,37-38H,3-12,21-22,35-36H2,1-2H3. The minimum atomic E-state index is -4.06. The maximum absolute atomic E-state index is 15.2. The third-order valence-corrected chi connectivity index (χ3v) is 20.5. The predicted octanol–water partition coefficient (Wildman–Crippen LogP) is 17.4. The van der Waals surface area contributed by atoms with Crippen LogP contribution in [-0.2, 0) is 19.7 Å². The van der Waals surface area contributed by atoms with Crippen LogP contribution >= 0.6 is 34.0 Å². The number of fused-ring (bicyclic) bond motifs is 4. The van der Waals surface area contributed by atoms with Crippen molar-refractivity contribution in [3.63, 3.8) is 0 Å². The van der Waals surface area contributed by atoms with Crippen molar-refractivity contribution in [2.24, 2.45) is 0 Å². The normalized spacial score (nSPS) is 12.3. The fraction of sp³-hybridized carbons (Fsp3) is 0.286. The van der Waals surface area contributed by atoms with Crippen LogP contribution in [0.15, 0.2) is 143 Å². The summed E-state index contributed by atoms with van der Waals surface area (Å²) in [6.45, 7) is 4.35. The first-order chi connectivity index (χ1) is 31.7. The number of rotatable bonds is 20. The Morgan fingerprint density at radius 3 is 1.02 bits per heavy atom. The highest BCUT2D eigenvalue weighted by atomic mass is 32.2. The monoisotopic (exact) mass is 952 g/mol. The molecule has 3 aromatic heterocycles. The molecule has 0 atom stereocenters. The van der Waals surface area contributed by atoms with Gasteiger partial charge in [0.25, 0.3) is 0 Å². The fourth-order valence-corrected chi connectivity index (χ4v) is 18.0. The summed E-state index contributed by atoms with van der Waals surface area (Å²) >= 11 is 4.45. The molecule has 0 amide bonds. The van der Waals surface area contributed by atoms with E-state index in [-0.39, 0.29) is 21.3 Å². The van der Waals surface area contributed by atoms with Crippen LogP contribution in [0.4, 0.5) is 0 Å². The molecule has 0 aliphatic rings. The van der Waals surface area contributed by atoms with Crippen molar-refractivity contribution in [1.29, 1.82) is 0 Å². The Morgan fingerprint density at radius 2 is 0.662 bits per heavy atom. The van der Waals surface area contributed by atoms with Crippen LogP contribution in [0.2, 0.25) is 0 Å². The van der Waals surface area contributed by atoms with Crippen LogP contribution in [0.3, 0.4) is 0 Å². The van der Waals surface area contributed by atoms with Crippen molar-refractivity contribution in [2.45, 2.75) is 101 Å². The molecule has 0 saturated heterocycles. The van der Waals surface area contributed by atoms with E-state index in [9.17, 15) is 0 Å². The van der Waals surface area contributed by atoms with Crippen molar-refractivity contribution in [3.05, 3.63) is 133 Å². The maximum Gasteiger partial charge on any atom is 0.181 e. The topological polar surface area (TPSA) is 68.3 Å². The van der Waals surface area contributed by atoms with Gasteiger partial charge in [-0.2, -0.15) is 0 Å². The van der Waals surface area contributed by atoms with Gasteiger partial charge in [0.2, 0.25) is 0 Å². The fourth-order valence-electron chi connectivity index (χ4n) is 9.39. The van der Waals surface area contributed by atoms with E-state index < -0.39 is 19.7 Å². The number of benzene rings is 6. The first-order valence-electron chi connectivity index (χ1n) is 23.3. The summed E-state index contributed by atoms with van der Waals surface area (Å²) in [6.07, 6.45) is 11.1. The Labute approximate surface area is 396 Å². The molecule has 9 heteroatoms. The van der Waals surface area contributed by atoms with Gasteiger partial charge in [0.15, 0.2) is 19.7 Å². The molecule has 0 aliphatic heterocycles. The molecule has 0 aliphatic carbocycles. The Kier molecular flexibility index (Phi) is 14.1. The van der Waals surface area contributed by atoms with Gasteiger partial charge in [-0.05, 0) is 92.3 Å². The largest absolute Gasteiger partial charge is 0.224 e. The number of hydrogen-bond donors (Lipinski definition) is 0. The molecule has 0 saturated carbocycles. The highest BCUT2D eigenvalue weighted by Crippen LogP contribution is 2.53. The molecule has 9 rings (SSSR count). The predicted molar refractivity (Wildman–Crippen MR) is 283 cm³/mol. The van der Waals surface area contributed by atoms with Crippen molar-refractivity contribution in [2.75, 3.05) is 11.5 Å². The van der Waals surface area contributed by atoms with E-state index in [1.807, 2.05) is 12.1 Å². The second-order valence-electron chi connectivity index (χ2n) is 17.3. The zero-order valence-electron chi connectivity index (χ0n) is 37.3. The third-order valence-electron chi connectivity index (χ3n) is 12.7. The molecule has 0 bridgehead atoms. The first-order valence-corrected chi connectivity index (χ1v) is 29.1. The minimum absolute atomic E-state index is 0.00113. The lowest BCUT2D eigenvalue weighted by Crippen LogP contribution is -2.15. The Hall–Kier alpha value is -4.64. The Morgan fingerprint density at radius 1 is 0.354 bits per heavy atom. The van der Waals surface area contributed by atoms with Gasteiger partial charge in [-0.1, -0.05) is 175 Å². The van der Waals surface area contributed by atoms with E-state index in [4.69, 9.17) is 0 Å². The van der Waals surface area contributed by atoms with Crippen molar-refractivity contribution in [1.82, 2.24) is 0 Å². The van der Waals surface area contributed by atoms with E-state index in [0.717, 1.165) is 138 Å². The van der Waals surface area contributed by atoms with Gasteiger partial charge in [-0.25, -0.2) is 16.8 Å². The molecule has 0 N–H and O–H groups in total. The lowest BCUT2D eigenvalue weighted by Gasteiger charge is -2.12. The van der Waals surface area contributed by atoms with Gasteiger partial charge >= 0.3 is 0 Å². The smallest absolute Gasteiger partial charge is 0.181 e. The Bertz CT molecular complexity index is 3020. The van der Waals surface area contributed by atoms with Gasteiger partial charge in [0.1, 0.15) is 9.79 Å². The first kappa shape index (κ1) is 45.5. The summed E-state index contributed by atoms with van der Waals surface area (Å²) in [5, 5.41) is 9.01. The summed E-state index contributed by atoms with van der Waals surface area (Å²) in [5.41, 5.74) is 2.20.